The fourth-order valence-corrected chi connectivity index (χ4v) is 2.58. The molecule has 0 amide bonds. The van der Waals surface area contributed by atoms with Crippen molar-refractivity contribution in [1.29, 1.82) is 0 Å². The summed E-state index contributed by atoms with van der Waals surface area (Å²) >= 11 is 0. The third-order valence-corrected chi connectivity index (χ3v) is 3.70. The van der Waals surface area contributed by atoms with Gasteiger partial charge in [-0.05, 0) is 24.8 Å². The Hall–Kier alpha value is -1.91. The molecule has 0 heterocycles. The van der Waals surface area contributed by atoms with E-state index in [9.17, 15) is 4.79 Å². The number of ether oxygens (including phenoxy) is 3. The summed E-state index contributed by atoms with van der Waals surface area (Å²) in [5.74, 6) is 1.35. The first kappa shape index (κ1) is 14.5. The molecule has 2 rings (SSSR count). The van der Waals surface area contributed by atoms with E-state index in [0.717, 1.165) is 18.4 Å². The molecule has 1 N–H and O–H groups in total. The Morgan fingerprint density at radius 1 is 1.25 bits per heavy atom. The predicted molar refractivity (Wildman–Crippen MR) is 73.8 cm³/mol. The Balaban J connectivity index is 2.47. The molecule has 1 unspecified atom stereocenters. The lowest BCUT2D eigenvalue weighted by atomic mass is 9.89. The van der Waals surface area contributed by atoms with Gasteiger partial charge in [0, 0.05) is 17.5 Å². The van der Waals surface area contributed by atoms with Crippen LogP contribution in [0.4, 0.5) is 0 Å². The van der Waals surface area contributed by atoms with Gasteiger partial charge in [0.25, 0.3) is 0 Å². The number of carboxylic acids is 1. The van der Waals surface area contributed by atoms with Crippen molar-refractivity contribution >= 4 is 5.97 Å². The highest BCUT2D eigenvalue weighted by Crippen LogP contribution is 2.50. The largest absolute Gasteiger partial charge is 0.497 e. The predicted octanol–water partition coefficient (Wildman–Crippen LogP) is 2.68. The fourth-order valence-electron chi connectivity index (χ4n) is 2.58. The van der Waals surface area contributed by atoms with Gasteiger partial charge < -0.3 is 19.3 Å². The summed E-state index contributed by atoms with van der Waals surface area (Å²) < 4.78 is 16.0. The molecule has 1 fully saturated rings. The summed E-state index contributed by atoms with van der Waals surface area (Å²) in [7, 11) is 4.71. The molecular formula is C15H20O5. The standard InChI is InChI=1S/C15H20O5/c1-18-10-6-12(15(20-3)13(7-10)19-2)11(8-14(16)17)9-4-5-9/h6-7,9,11H,4-5,8H2,1-3H3,(H,16,17). The summed E-state index contributed by atoms with van der Waals surface area (Å²) in [4.78, 5) is 11.1. The number of benzene rings is 1. The van der Waals surface area contributed by atoms with Crippen molar-refractivity contribution in [2.45, 2.75) is 25.2 Å². The van der Waals surface area contributed by atoms with E-state index in [-0.39, 0.29) is 12.3 Å². The van der Waals surface area contributed by atoms with Gasteiger partial charge in [0.2, 0.25) is 0 Å². The van der Waals surface area contributed by atoms with E-state index in [1.165, 1.54) is 0 Å². The van der Waals surface area contributed by atoms with Crippen LogP contribution in [0.2, 0.25) is 0 Å². The molecule has 1 saturated carbocycles. The number of rotatable bonds is 7. The van der Waals surface area contributed by atoms with E-state index in [1.54, 1.807) is 27.4 Å². The highest BCUT2D eigenvalue weighted by atomic mass is 16.5. The van der Waals surface area contributed by atoms with Gasteiger partial charge >= 0.3 is 5.97 Å². The van der Waals surface area contributed by atoms with Crippen LogP contribution in [0.5, 0.6) is 17.2 Å². The van der Waals surface area contributed by atoms with E-state index >= 15 is 0 Å². The van der Waals surface area contributed by atoms with Gasteiger partial charge in [0.1, 0.15) is 5.75 Å². The molecule has 5 heteroatoms. The number of methoxy groups -OCH3 is 3. The zero-order valence-electron chi connectivity index (χ0n) is 12.0. The molecule has 20 heavy (non-hydrogen) atoms. The van der Waals surface area contributed by atoms with Crippen molar-refractivity contribution in [2.75, 3.05) is 21.3 Å². The highest BCUT2D eigenvalue weighted by Gasteiger charge is 2.36. The van der Waals surface area contributed by atoms with Gasteiger partial charge in [0.05, 0.1) is 27.8 Å². The second-order valence-electron chi connectivity index (χ2n) is 4.99. The van der Waals surface area contributed by atoms with Crippen molar-refractivity contribution in [3.63, 3.8) is 0 Å². The molecule has 0 spiro atoms. The highest BCUT2D eigenvalue weighted by molar-refractivity contribution is 5.69. The minimum absolute atomic E-state index is 0.0635. The van der Waals surface area contributed by atoms with Gasteiger partial charge in [-0.3, -0.25) is 4.79 Å². The molecule has 1 aliphatic rings. The van der Waals surface area contributed by atoms with Gasteiger partial charge in [-0.2, -0.15) is 0 Å². The summed E-state index contributed by atoms with van der Waals surface area (Å²) in [6.07, 6.45) is 2.21. The van der Waals surface area contributed by atoms with Crippen molar-refractivity contribution in [3.05, 3.63) is 17.7 Å². The minimum Gasteiger partial charge on any atom is -0.497 e. The molecule has 0 aromatic heterocycles. The van der Waals surface area contributed by atoms with Gasteiger partial charge in [0.15, 0.2) is 11.5 Å². The molecule has 0 bridgehead atoms. The molecule has 1 atom stereocenters. The van der Waals surface area contributed by atoms with Gasteiger partial charge in [-0.15, -0.1) is 0 Å². The molecule has 5 nitrogen and oxygen atoms in total. The average Bonchev–Trinajstić information content (AvgIpc) is 3.27. The van der Waals surface area contributed by atoms with Gasteiger partial charge in [-0.1, -0.05) is 0 Å². The zero-order valence-corrected chi connectivity index (χ0v) is 12.0. The molecule has 1 aromatic rings. The first-order chi connectivity index (χ1) is 9.60. The first-order valence-corrected chi connectivity index (χ1v) is 6.62. The molecule has 1 aromatic carbocycles. The van der Waals surface area contributed by atoms with Crippen LogP contribution in [0.1, 0.15) is 30.7 Å². The lowest BCUT2D eigenvalue weighted by molar-refractivity contribution is -0.137. The van der Waals surface area contributed by atoms with E-state index in [2.05, 4.69) is 0 Å². The molecule has 0 radical (unpaired) electrons. The van der Waals surface area contributed by atoms with E-state index in [1.807, 2.05) is 6.07 Å². The van der Waals surface area contributed by atoms with Crippen molar-refractivity contribution < 1.29 is 24.1 Å². The van der Waals surface area contributed by atoms with Crippen LogP contribution in [-0.4, -0.2) is 32.4 Å². The maximum Gasteiger partial charge on any atom is 0.303 e. The van der Waals surface area contributed by atoms with Crippen LogP contribution in [0.3, 0.4) is 0 Å². The molecule has 110 valence electrons. The maximum atomic E-state index is 11.1. The summed E-state index contributed by atoms with van der Waals surface area (Å²) in [6, 6.07) is 3.60. The Labute approximate surface area is 118 Å². The maximum absolute atomic E-state index is 11.1. The van der Waals surface area contributed by atoms with Crippen LogP contribution in [0.25, 0.3) is 0 Å². The lowest BCUT2D eigenvalue weighted by Gasteiger charge is -2.21. The smallest absolute Gasteiger partial charge is 0.303 e. The second-order valence-corrected chi connectivity index (χ2v) is 4.99. The van der Waals surface area contributed by atoms with E-state index in [4.69, 9.17) is 19.3 Å². The number of hydrogen-bond donors (Lipinski definition) is 1. The summed E-state index contributed by atoms with van der Waals surface area (Å²) in [5, 5.41) is 9.14. The zero-order chi connectivity index (χ0) is 14.7. The third-order valence-electron chi connectivity index (χ3n) is 3.70. The number of carbonyl (C=O) groups is 1. The van der Waals surface area contributed by atoms with Crippen molar-refractivity contribution in [2.24, 2.45) is 5.92 Å². The fraction of sp³-hybridized carbons (Fsp3) is 0.533. The Morgan fingerprint density at radius 3 is 2.40 bits per heavy atom. The number of aliphatic carboxylic acids is 1. The van der Waals surface area contributed by atoms with Crippen LogP contribution >= 0.6 is 0 Å². The Bertz CT molecular complexity index is 493. The van der Waals surface area contributed by atoms with Crippen LogP contribution in [0, 0.1) is 5.92 Å². The topological polar surface area (TPSA) is 65.0 Å². The van der Waals surface area contributed by atoms with Gasteiger partial charge in [-0.25, -0.2) is 0 Å². The van der Waals surface area contributed by atoms with Crippen LogP contribution in [-0.2, 0) is 4.79 Å². The first-order valence-electron chi connectivity index (χ1n) is 6.62. The normalized spacial score (nSPS) is 15.6. The van der Waals surface area contributed by atoms with Crippen LogP contribution in [0.15, 0.2) is 12.1 Å². The monoisotopic (exact) mass is 280 g/mol. The lowest BCUT2D eigenvalue weighted by Crippen LogP contribution is -2.10. The quantitative estimate of drug-likeness (QED) is 0.832. The number of carboxylic acid groups (broad SMARTS) is 1. The third kappa shape index (κ3) is 2.98. The average molecular weight is 280 g/mol. The Kier molecular flexibility index (Phi) is 4.37. The molecule has 1 aliphatic carbocycles. The van der Waals surface area contributed by atoms with Crippen molar-refractivity contribution in [3.8, 4) is 17.2 Å². The molecule has 0 saturated heterocycles. The van der Waals surface area contributed by atoms with Crippen LogP contribution < -0.4 is 14.2 Å². The molecular weight excluding hydrogens is 260 g/mol. The SMILES string of the molecule is COc1cc(OC)c(OC)c(C(CC(=O)O)C2CC2)c1. The van der Waals surface area contributed by atoms with E-state index < -0.39 is 5.97 Å². The summed E-state index contributed by atoms with van der Waals surface area (Å²) in [6.45, 7) is 0. The minimum atomic E-state index is -0.800. The van der Waals surface area contributed by atoms with E-state index in [0.29, 0.717) is 23.2 Å². The van der Waals surface area contributed by atoms with Crippen molar-refractivity contribution in [1.82, 2.24) is 0 Å². The number of hydrogen-bond acceptors (Lipinski definition) is 4. The molecule has 0 aliphatic heterocycles. The summed E-state index contributed by atoms with van der Waals surface area (Å²) in [5.41, 5.74) is 0.855. The second kappa shape index (κ2) is 6.03. The Morgan fingerprint density at radius 2 is 1.95 bits per heavy atom.